The van der Waals surface area contributed by atoms with Gasteiger partial charge in [0.1, 0.15) is 5.76 Å². The molecule has 4 rings (SSSR count). The fourth-order valence-electron chi connectivity index (χ4n) is 2.95. The van der Waals surface area contributed by atoms with Crippen molar-refractivity contribution in [2.45, 2.75) is 19.8 Å². The van der Waals surface area contributed by atoms with Crippen molar-refractivity contribution in [2.24, 2.45) is 0 Å². The Hall–Kier alpha value is -3.28. The first-order valence-corrected chi connectivity index (χ1v) is 8.86. The Morgan fingerprint density at radius 3 is 2.78 bits per heavy atom. The van der Waals surface area contributed by atoms with Crippen molar-refractivity contribution in [1.82, 2.24) is 10.3 Å². The fraction of sp³-hybridized carbons (Fsp3) is 0.238. The molecule has 138 valence electrons. The SMILES string of the molecule is Cc1oc(-c2ccc3c(c2)OCO3)nc1CC(=O)NCCc1ccccc1. The van der Waals surface area contributed by atoms with E-state index in [-0.39, 0.29) is 19.1 Å². The zero-order chi connectivity index (χ0) is 18.6. The summed E-state index contributed by atoms with van der Waals surface area (Å²) in [4.78, 5) is 16.7. The van der Waals surface area contributed by atoms with Gasteiger partial charge in [0.2, 0.25) is 18.6 Å². The monoisotopic (exact) mass is 364 g/mol. The van der Waals surface area contributed by atoms with Crippen LogP contribution in [0.4, 0.5) is 0 Å². The maximum absolute atomic E-state index is 12.2. The third kappa shape index (κ3) is 3.95. The Morgan fingerprint density at radius 2 is 1.93 bits per heavy atom. The van der Waals surface area contributed by atoms with Gasteiger partial charge in [0.05, 0.1) is 12.1 Å². The number of hydrogen-bond donors (Lipinski definition) is 1. The van der Waals surface area contributed by atoms with Crippen LogP contribution in [0.1, 0.15) is 17.0 Å². The number of nitrogens with zero attached hydrogens (tertiary/aromatic N) is 1. The van der Waals surface area contributed by atoms with E-state index in [0.717, 1.165) is 12.0 Å². The fourth-order valence-corrected chi connectivity index (χ4v) is 2.95. The average Bonchev–Trinajstić information content (AvgIpc) is 3.29. The van der Waals surface area contributed by atoms with E-state index in [9.17, 15) is 4.79 Å². The molecule has 0 fully saturated rings. The lowest BCUT2D eigenvalue weighted by Gasteiger charge is -2.04. The Kier molecular flexibility index (Phi) is 4.78. The van der Waals surface area contributed by atoms with Crippen LogP contribution in [0.5, 0.6) is 11.5 Å². The predicted octanol–water partition coefficient (Wildman–Crippen LogP) is 3.28. The second kappa shape index (κ2) is 7.53. The lowest BCUT2D eigenvalue weighted by atomic mass is 10.1. The summed E-state index contributed by atoms with van der Waals surface area (Å²) in [5, 5.41) is 2.93. The molecule has 0 saturated heterocycles. The zero-order valence-corrected chi connectivity index (χ0v) is 15.0. The van der Waals surface area contributed by atoms with Crippen molar-refractivity contribution >= 4 is 5.91 Å². The minimum Gasteiger partial charge on any atom is -0.454 e. The van der Waals surface area contributed by atoms with Crippen LogP contribution in [0, 0.1) is 6.92 Å². The minimum absolute atomic E-state index is 0.0698. The van der Waals surface area contributed by atoms with Crippen LogP contribution in [0.25, 0.3) is 11.5 Å². The Bertz CT molecular complexity index is 950. The highest BCUT2D eigenvalue weighted by Gasteiger charge is 2.18. The van der Waals surface area contributed by atoms with Crippen LogP contribution in [-0.2, 0) is 17.6 Å². The van der Waals surface area contributed by atoms with E-state index in [0.29, 0.717) is 35.4 Å². The van der Waals surface area contributed by atoms with Gasteiger partial charge in [-0.3, -0.25) is 4.79 Å². The third-order valence-electron chi connectivity index (χ3n) is 4.42. The van der Waals surface area contributed by atoms with E-state index in [1.807, 2.05) is 55.5 Å². The summed E-state index contributed by atoms with van der Waals surface area (Å²) < 4.78 is 16.4. The van der Waals surface area contributed by atoms with Gasteiger partial charge in [-0.2, -0.15) is 0 Å². The van der Waals surface area contributed by atoms with E-state index in [1.165, 1.54) is 5.56 Å². The molecule has 0 saturated carbocycles. The van der Waals surface area contributed by atoms with Crippen molar-refractivity contribution in [3.63, 3.8) is 0 Å². The lowest BCUT2D eigenvalue weighted by Crippen LogP contribution is -2.27. The smallest absolute Gasteiger partial charge is 0.231 e. The standard InChI is InChI=1S/C21H20N2O4/c1-14-17(12-20(24)22-10-9-15-5-3-2-4-6-15)23-21(27-14)16-7-8-18-19(11-16)26-13-25-18/h2-8,11H,9-10,12-13H2,1H3,(H,22,24). The Morgan fingerprint density at radius 1 is 1.11 bits per heavy atom. The number of ether oxygens (including phenoxy) is 2. The molecule has 0 spiro atoms. The first-order chi connectivity index (χ1) is 13.2. The molecule has 6 nitrogen and oxygen atoms in total. The number of benzene rings is 2. The van der Waals surface area contributed by atoms with Crippen molar-refractivity contribution in [1.29, 1.82) is 0 Å². The van der Waals surface area contributed by atoms with Crippen LogP contribution in [-0.4, -0.2) is 24.2 Å². The molecule has 27 heavy (non-hydrogen) atoms. The van der Waals surface area contributed by atoms with Gasteiger partial charge in [0.25, 0.3) is 0 Å². The number of carbonyl (C=O) groups is 1. The summed E-state index contributed by atoms with van der Waals surface area (Å²) in [6.45, 7) is 2.63. The third-order valence-corrected chi connectivity index (χ3v) is 4.42. The largest absolute Gasteiger partial charge is 0.454 e. The van der Waals surface area contributed by atoms with Crippen molar-refractivity contribution in [3.8, 4) is 23.0 Å². The van der Waals surface area contributed by atoms with Gasteiger partial charge < -0.3 is 19.2 Å². The molecule has 1 aliphatic heterocycles. The van der Waals surface area contributed by atoms with Gasteiger partial charge >= 0.3 is 0 Å². The maximum Gasteiger partial charge on any atom is 0.231 e. The van der Waals surface area contributed by atoms with Gasteiger partial charge in [-0.25, -0.2) is 4.98 Å². The molecule has 0 unspecified atom stereocenters. The molecule has 2 heterocycles. The Labute approximate surface area is 157 Å². The molecule has 0 bridgehead atoms. The lowest BCUT2D eigenvalue weighted by molar-refractivity contribution is -0.120. The molecule has 2 aromatic carbocycles. The van der Waals surface area contributed by atoms with Crippen LogP contribution in [0.3, 0.4) is 0 Å². The summed E-state index contributed by atoms with van der Waals surface area (Å²) >= 11 is 0. The number of hydrogen-bond acceptors (Lipinski definition) is 5. The summed E-state index contributed by atoms with van der Waals surface area (Å²) in [5.41, 5.74) is 2.62. The quantitative estimate of drug-likeness (QED) is 0.727. The number of aryl methyl sites for hydroxylation is 1. The van der Waals surface area contributed by atoms with Crippen LogP contribution < -0.4 is 14.8 Å². The van der Waals surface area contributed by atoms with Gasteiger partial charge in [-0.1, -0.05) is 30.3 Å². The average molecular weight is 364 g/mol. The summed E-state index contributed by atoms with van der Waals surface area (Å²) in [7, 11) is 0. The van der Waals surface area contributed by atoms with Crippen LogP contribution in [0.2, 0.25) is 0 Å². The molecule has 1 amide bonds. The van der Waals surface area contributed by atoms with Gasteiger partial charge in [0, 0.05) is 12.1 Å². The minimum atomic E-state index is -0.0698. The summed E-state index contributed by atoms with van der Waals surface area (Å²) in [5.74, 6) is 2.42. The molecule has 6 heteroatoms. The van der Waals surface area contributed by atoms with Crippen molar-refractivity contribution in [2.75, 3.05) is 13.3 Å². The van der Waals surface area contributed by atoms with Gasteiger partial charge in [0.15, 0.2) is 11.5 Å². The van der Waals surface area contributed by atoms with Crippen molar-refractivity contribution in [3.05, 3.63) is 65.5 Å². The van der Waals surface area contributed by atoms with Crippen LogP contribution >= 0.6 is 0 Å². The highest BCUT2D eigenvalue weighted by molar-refractivity contribution is 5.78. The van der Waals surface area contributed by atoms with Gasteiger partial charge in [-0.05, 0) is 37.1 Å². The molecule has 1 aliphatic rings. The highest BCUT2D eigenvalue weighted by atomic mass is 16.7. The first-order valence-electron chi connectivity index (χ1n) is 8.86. The van der Waals surface area contributed by atoms with E-state index in [1.54, 1.807) is 0 Å². The number of oxazole rings is 1. The number of rotatable bonds is 6. The molecular weight excluding hydrogens is 344 g/mol. The molecule has 0 atom stereocenters. The normalized spacial score (nSPS) is 12.2. The zero-order valence-electron chi connectivity index (χ0n) is 15.0. The Balaban J connectivity index is 1.37. The topological polar surface area (TPSA) is 73.6 Å². The second-order valence-corrected chi connectivity index (χ2v) is 6.35. The van der Waals surface area contributed by atoms with E-state index < -0.39 is 0 Å². The maximum atomic E-state index is 12.2. The number of carbonyl (C=O) groups excluding carboxylic acids is 1. The summed E-state index contributed by atoms with van der Waals surface area (Å²) in [6.07, 6.45) is 0.988. The second-order valence-electron chi connectivity index (χ2n) is 6.35. The number of aromatic nitrogens is 1. The number of fused-ring (bicyclic) bond motifs is 1. The molecule has 3 aromatic rings. The molecular formula is C21H20N2O4. The van der Waals surface area contributed by atoms with E-state index in [2.05, 4.69) is 10.3 Å². The highest BCUT2D eigenvalue weighted by Crippen LogP contribution is 2.36. The molecule has 0 radical (unpaired) electrons. The molecule has 1 aromatic heterocycles. The number of nitrogens with one attached hydrogen (secondary N) is 1. The van der Waals surface area contributed by atoms with E-state index >= 15 is 0 Å². The first kappa shape index (κ1) is 17.1. The van der Waals surface area contributed by atoms with Crippen LogP contribution in [0.15, 0.2) is 52.9 Å². The number of amides is 1. The van der Waals surface area contributed by atoms with E-state index in [4.69, 9.17) is 13.9 Å². The van der Waals surface area contributed by atoms with Crippen molar-refractivity contribution < 1.29 is 18.7 Å². The predicted molar refractivity (Wildman–Crippen MR) is 99.7 cm³/mol. The van der Waals surface area contributed by atoms with Gasteiger partial charge in [-0.15, -0.1) is 0 Å². The molecule has 0 aliphatic carbocycles. The summed E-state index contributed by atoms with van der Waals surface area (Å²) in [6, 6.07) is 15.6. The molecule has 1 N–H and O–H groups in total.